The Morgan fingerprint density at radius 1 is 1.04 bits per heavy atom. The van der Waals surface area contributed by atoms with Gasteiger partial charge in [0.25, 0.3) is 5.91 Å². The molecule has 3 rings (SSSR count). The first kappa shape index (κ1) is 18.0. The van der Waals surface area contributed by atoms with Gasteiger partial charge in [-0.1, -0.05) is 23.7 Å². The maximum Gasteiger partial charge on any atom is 0.407 e. The summed E-state index contributed by atoms with van der Waals surface area (Å²) in [5.41, 5.74) is 1.43. The number of piperazine rings is 1. The van der Waals surface area contributed by atoms with Crippen LogP contribution in [-0.2, 0) is 11.3 Å². The third kappa shape index (κ3) is 4.23. The van der Waals surface area contributed by atoms with Gasteiger partial charge < -0.3 is 19.6 Å². The zero-order valence-corrected chi connectivity index (χ0v) is 14.7. The fraction of sp³-hybridized carbons (Fsp3) is 0.529. The van der Waals surface area contributed by atoms with Crippen molar-refractivity contribution in [3.05, 3.63) is 34.3 Å². The molecule has 1 N–H and O–H groups in total. The molecule has 0 saturated carbocycles. The fourth-order valence-corrected chi connectivity index (χ4v) is 3.48. The predicted octanol–water partition coefficient (Wildman–Crippen LogP) is 1.61. The lowest BCUT2D eigenvalue weighted by Gasteiger charge is -2.34. The molecule has 0 bridgehead atoms. The number of amides is 2. The third-order valence-electron chi connectivity index (χ3n) is 4.65. The molecule has 0 aromatic heterocycles. The summed E-state index contributed by atoms with van der Waals surface area (Å²) in [4.78, 5) is 29.3. The van der Waals surface area contributed by atoms with Crippen LogP contribution in [0.5, 0.6) is 0 Å². The number of morpholine rings is 1. The number of carboxylic acid groups (broad SMARTS) is 1. The highest BCUT2D eigenvalue weighted by atomic mass is 35.5. The minimum absolute atomic E-state index is 0.0620. The van der Waals surface area contributed by atoms with Crippen LogP contribution < -0.4 is 0 Å². The van der Waals surface area contributed by atoms with E-state index in [4.69, 9.17) is 21.4 Å². The molecule has 2 aliphatic rings. The summed E-state index contributed by atoms with van der Waals surface area (Å²) in [5, 5.41) is 9.50. The minimum Gasteiger partial charge on any atom is -0.465 e. The molecule has 2 heterocycles. The lowest BCUT2D eigenvalue weighted by atomic mass is 10.0. The van der Waals surface area contributed by atoms with Crippen LogP contribution in [0.15, 0.2) is 18.2 Å². The molecule has 2 fully saturated rings. The first-order valence-corrected chi connectivity index (χ1v) is 8.78. The Kier molecular flexibility index (Phi) is 5.78. The summed E-state index contributed by atoms with van der Waals surface area (Å²) in [6.45, 7) is 5.05. The van der Waals surface area contributed by atoms with Crippen molar-refractivity contribution < 1.29 is 19.4 Å². The van der Waals surface area contributed by atoms with Gasteiger partial charge in [0.05, 0.1) is 23.8 Å². The van der Waals surface area contributed by atoms with E-state index in [1.807, 2.05) is 12.1 Å². The summed E-state index contributed by atoms with van der Waals surface area (Å²) in [6.07, 6.45) is -0.884. The Hall–Kier alpha value is -1.83. The Balaban J connectivity index is 1.72. The maximum atomic E-state index is 12.9. The van der Waals surface area contributed by atoms with E-state index in [9.17, 15) is 9.59 Å². The van der Waals surface area contributed by atoms with Crippen LogP contribution in [0.1, 0.15) is 15.9 Å². The van der Waals surface area contributed by atoms with Crippen molar-refractivity contribution in [2.75, 3.05) is 52.5 Å². The van der Waals surface area contributed by atoms with Gasteiger partial charge in [0, 0.05) is 45.8 Å². The molecule has 25 heavy (non-hydrogen) atoms. The Morgan fingerprint density at radius 2 is 1.72 bits per heavy atom. The van der Waals surface area contributed by atoms with E-state index >= 15 is 0 Å². The predicted molar refractivity (Wildman–Crippen MR) is 93.0 cm³/mol. The molecule has 0 atom stereocenters. The highest BCUT2D eigenvalue weighted by Crippen LogP contribution is 2.24. The SMILES string of the molecule is O=C(O)N1CCN(Cc2cccc(Cl)c2C(=O)N2CCOCC2)CC1. The molecule has 0 aliphatic carbocycles. The van der Waals surface area contributed by atoms with Crippen molar-refractivity contribution in [3.63, 3.8) is 0 Å². The molecule has 8 heteroatoms. The molecule has 0 radical (unpaired) electrons. The number of halogens is 1. The maximum absolute atomic E-state index is 12.9. The monoisotopic (exact) mass is 367 g/mol. The van der Waals surface area contributed by atoms with Gasteiger partial charge in [-0.25, -0.2) is 4.79 Å². The van der Waals surface area contributed by atoms with Crippen LogP contribution in [0.4, 0.5) is 4.79 Å². The summed E-state index contributed by atoms with van der Waals surface area (Å²) >= 11 is 6.34. The van der Waals surface area contributed by atoms with Crippen molar-refractivity contribution in [3.8, 4) is 0 Å². The van der Waals surface area contributed by atoms with E-state index in [0.717, 1.165) is 5.56 Å². The molecule has 1 aromatic carbocycles. The molecule has 2 saturated heterocycles. The van der Waals surface area contributed by atoms with E-state index in [1.54, 1.807) is 11.0 Å². The van der Waals surface area contributed by atoms with Crippen molar-refractivity contribution >= 4 is 23.6 Å². The number of carbonyl (C=O) groups excluding carboxylic acids is 1. The van der Waals surface area contributed by atoms with Gasteiger partial charge >= 0.3 is 6.09 Å². The number of rotatable bonds is 3. The molecule has 1 aromatic rings. The van der Waals surface area contributed by atoms with Crippen LogP contribution in [0.2, 0.25) is 5.02 Å². The molecular formula is C17H22ClN3O4. The van der Waals surface area contributed by atoms with Gasteiger partial charge in [0.2, 0.25) is 0 Å². The lowest BCUT2D eigenvalue weighted by Crippen LogP contribution is -2.48. The average molecular weight is 368 g/mol. The minimum atomic E-state index is -0.884. The smallest absolute Gasteiger partial charge is 0.407 e. The second kappa shape index (κ2) is 8.03. The number of nitrogens with zero attached hydrogens (tertiary/aromatic N) is 3. The number of hydrogen-bond donors (Lipinski definition) is 1. The van der Waals surface area contributed by atoms with E-state index in [0.29, 0.717) is 69.6 Å². The third-order valence-corrected chi connectivity index (χ3v) is 4.96. The van der Waals surface area contributed by atoms with Crippen LogP contribution in [0.3, 0.4) is 0 Å². The Labute approximate surface area is 151 Å². The molecule has 2 amide bonds. The van der Waals surface area contributed by atoms with Crippen molar-refractivity contribution in [2.45, 2.75) is 6.54 Å². The average Bonchev–Trinajstić information content (AvgIpc) is 2.62. The molecular weight excluding hydrogens is 346 g/mol. The van der Waals surface area contributed by atoms with Crippen molar-refractivity contribution in [1.29, 1.82) is 0 Å². The van der Waals surface area contributed by atoms with E-state index in [-0.39, 0.29) is 5.91 Å². The van der Waals surface area contributed by atoms with Gasteiger partial charge in [-0.05, 0) is 11.6 Å². The van der Waals surface area contributed by atoms with Crippen LogP contribution in [0.25, 0.3) is 0 Å². The van der Waals surface area contributed by atoms with Crippen molar-refractivity contribution in [2.24, 2.45) is 0 Å². The number of carbonyl (C=O) groups is 2. The number of ether oxygens (including phenoxy) is 1. The quantitative estimate of drug-likeness (QED) is 0.878. The van der Waals surface area contributed by atoms with E-state index in [2.05, 4.69) is 4.90 Å². The van der Waals surface area contributed by atoms with Crippen LogP contribution in [-0.4, -0.2) is 84.3 Å². The number of hydrogen-bond acceptors (Lipinski definition) is 4. The fourth-order valence-electron chi connectivity index (χ4n) is 3.20. The van der Waals surface area contributed by atoms with Gasteiger partial charge in [0.15, 0.2) is 0 Å². The molecule has 2 aliphatic heterocycles. The Bertz CT molecular complexity index is 641. The topological polar surface area (TPSA) is 73.3 Å². The summed E-state index contributed by atoms with van der Waals surface area (Å²) in [5.74, 6) is -0.0620. The van der Waals surface area contributed by atoms with Crippen LogP contribution >= 0.6 is 11.6 Å². The van der Waals surface area contributed by atoms with Crippen molar-refractivity contribution in [1.82, 2.24) is 14.7 Å². The van der Waals surface area contributed by atoms with Gasteiger partial charge in [-0.3, -0.25) is 9.69 Å². The molecule has 0 unspecified atom stereocenters. The summed E-state index contributed by atoms with van der Waals surface area (Å²) in [7, 11) is 0. The van der Waals surface area contributed by atoms with Gasteiger partial charge in [-0.15, -0.1) is 0 Å². The van der Waals surface area contributed by atoms with E-state index < -0.39 is 6.09 Å². The van der Waals surface area contributed by atoms with Gasteiger partial charge in [-0.2, -0.15) is 0 Å². The summed E-state index contributed by atoms with van der Waals surface area (Å²) < 4.78 is 5.31. The second-order valence-corrected chi connectivity index (χ2v) is 6.63. The Morgan fingerprint density at radius 3 is 2.36 bits per heavy atom. The zero-order chi connectivity index (χ0) is 17.8. The number of benzene rings is 1. The largest absolute Gasteiger partial charge is 0.465 e. The van der Waals surface area contributed by atoms with E-state index in [1.165, 1.54) is 4.90 Å². The van der Waals surface area contributed by atoms with Gasteiger partial charge in [0.1, 0.15) is 0 Å². The van der Waals surface area contributed by atoms with Crippen LogP contribution in [0, 0.1) is 0 Å². The highest BCUT2D eigenvalue weighted by Gasteiger charge is 2.26. The normalized spacial score (nSPS) is 19.1. The standard InChI is InChI=1S/C17H22ClN3O4/c18-14-3-1-2-13(12-19-4-6-21(7-5-19)17(23)24)15(14)16(22)20-8-10-25-11-9-20/h1-3H,4-12H2,(H,23,24). The molecule has 7 nitrogen and oxygen atoms in total. The molecule has 136 valence electrons. The summed E-state index contributed by atoms with van der Waals surface area (Å²) in [6, 6.07) is 5.51. The zero-order valence-electron chi connectivity index (χ0n) is 14.0. The molecule has 0 spiro atoms. The second-order valence-electron chi connectivity index (χ2n) is 6.22. The first-order valence-electron chi connectivity index (χ1n) is 8.41. The first-order chi connectivity index (χ1) is 12.1. The lowest BCUT2D eigenvalue weighted by molar-refractivity contribution is 0.0301. The highest BCUT2D eigenvalue weighted by molar-refractivity contribution is 6.34.